The Hall–Kier alpha value is -2.41. The van der Waals surface area contributed by atoms with E-state index in [-0.39, 0.29) is 24.3 Å². The Morgan fingerprint density at radius 3 is 2.61 bits per heavy atom. The van der Waals surface area contributed by atoms with Crippen LogP contribution in [-0.2, 0) is 9.59 Å². The average molecular weight is 317 g/mol. The molecule has 2 N–H and O–H groups in total. The molecule has 2 aliphatic heterocycles. The molecule has 0 radical (unpaired) electrons. The fourth-order valence-electron chi connectivity index (χ4n) is 3.04. The number of aliphatic hydroxyl groups excluding tert-OH is 1. The van der Waals surface area contributed by atoms with E-state index in [2.05, 4.69) is 5.32 Å². The molecule has 3 amide bonds. The topological polar surface area (TPSA) is 89.9 Å². The van der Waals surface area contributed by atoms with Gasteiger partial charge in [0.05, 0.1) is 12.6 Å². The summed E-state index contributed by atoms with van der Waals surface area (Å²) in [5.74, 6) is -0.777. The fraction of sp³-hybridized carbons (Fsp3) is 0.438. The molecule has 23 heavy (non-hydrogen) atoms. The number of hydrogen-bond donors (Lipinski definition) is 2. The Morgan fingerprint density at radius 1 is 1.26 bits per heavy atom. The molecule has 2 fully saturated rings. The van der Waals surface area contributed by atoms with Gasteiger partial charge in [0.15, 0.2) is 0 Å². The maximum atomic E-state index is 12.5. The molecule has 122 valence electrons. The van der Waals surface area contributed by atoms with E-state index < -0.39 is 18.2 Å². The van der Waals surface area contributed by atoms with Gasteiger partial charge in [0, 0.05) is 18.7 Å². The number of fused-ring (bicyclic) bond motifs is 1. The van der Waals surface area contributed by atoms with Crippen LogP contribution >= 0.6 is 0 Å². The van der Waals surface area contributed by atoms with Crippen molar-refractivity contribution in [2.75, 3.05) is 19.6 Å². The average Bonchev–Trinajstić information content (AvgIpc) is 2.57. The van der Waals surface area contributed by atoms with E-state index in [0.29, 0.717) is 18.7 Å². The highest BCUT2D eigenvalue weighted by molar-refractivity contribution is 5.99. The monoisotopic (exact) mass is 317 g/mol. The van der Waals surface area contributed by atoms with E-state index in [0.717, 1.165) is 0 Å². The summed E-state index contributed by atoms with van der Waals surface area (Å²) in [6.45, 7) is 2.30. The molecular formula is C16H19N3O4. The van der Waals surface area contributed by atoms with Gasteiger partial charge in [0.25, 0.3) is 5.91 Å². The molecule has 3 rings (SSSR count). The zero-order chi connectivity index (χ0) is 16.6. The van der Waals surface area contributed by atoms with E-state index >= 15 is 0 Å². The summed E-state index contributed by atoms with van der Waals surface area (Å²) in [4.78, 5) is 40.1. The lowest BCUT2D eigenvalue weighted by Crippen LogP contribution is -2.71. The quantitative estimate of drug-likeness (QED) is 0.749. The summed E-state index contributed by atoms with van der Waals surface area (Å²) in [6.07, 6.45) is -0.948. The molecule has 0 aromatic heterocycles. The second-order valence-electron chi connectivity index (χ2n) is 5.89. The summed E-state index contributed by atoms with van der Waals surface area (Å²) < 4.78 is 0. The van der Waals surface area contributed by atoms with Crippen LogP contribution in [0.3, 0.4) is 0 Å². The number of nitrogens with one attached hydrogen (secondary N) is 1. The lowest BCUT2D eigenvalue weighted by Gasteiger charge is -2.45. The van der Waals surface area contributed by atoms with Crippen molar-refractivity contribution in [2.24, 2.45) is 0 Å². The minimum absolute atomic E-state index is 0.150. The summed E-state index contributed by atoms with van der Waals surface area (Å²) in [7, 11) is 0. The fourth-order valence-corrected chi connectivity index (χ4v) is 3.04. The Morgan fingerprint density at radius 2 is 1.96 bits per heavy atom. The third-order valence-corrected chi connectivity index (χ3v) is 4.32. The van der Waals surface area contributed by atoms with Gasteiger partial charge in [-0.25, -0.2) is 0 Å². The van der Waals surface area contributed by atoms with E-state index in [1.807, 2.05) is 6.07 Å². The van der Waals surface area contributed by atoms with Gasteiger partial charge in [-0.1, -0.05) is 18.2 Å². The number of benzene rings is 1. The highest BCUT2D eigenvalue weighted by atomic mass is 16.3. The third-order valence-electron chi connectivity index (χ3n) is 4.32. The lowest BCUT2D eigenvalue weighted by atomic mass is 10.0. The number of carbonyl (C=O) groups excluding carboxylic acids is 3. The van der Waals surface area contributed by atoms with Crippen molar-refractivity contribution < 1.29 is 19.5 Å². The van der Waals surface area contributed by atoms with Crippen molar-refractivity contribution in [3.8, 4) is 0 Å². The molecule has 1 aromatic rings. The van der Waals surface area contributed by atoms with Gasteiger partial charge in [-0.2, -0.15) is 0 Å². The molecular weight excluding hydrogens is 298 g/mol. The van der Waals surface area contributed by atoms with Crippen molar-refractivity contribution in [3.63, 3.8) is 0 Å². The van der Waals surface area contributed by atoms with Gasteiger partial charge in [0.1, 0.15) is 12.1 Å². The van der Waals surface area contributed by atoms with E-state index in [1.54, 1.807) is 29.2 Å². The predicted octanol–water partition coefficient (Wildman–Crippen LogP) is -0.781. The Kier molecular flexibility index (Phi) is 4.04. The molecule has 7 nitrogen and oxygen atoms in total. The first kappa shape index (κ1) is 15.5. The van der Waals surface area contributed by atoms with Crippen LogP contribution in [0.4, 0.5) is 0 Å². The highest BCUT2D eigenvalue weighted by Gasteiger charge is 2.45. The van der Waals surface area contributed by atoms with Crippen LogP contribution in [0, 0.1) is 0 Å². The van der Waals surface area contributed by atoms with Crippen LogP contribution < -0.4 is 5.32 Å². The van der Waals surface area contributed by atoms with Crippen LogP contribution in [0.1, 0.15) is 17.3 Å². The van der Waals surface area contributed by atoms with E-state index in [4.69, 9.17) is 0 Å². The number of aliphatic hydroxyl groups is 1. The van der Waals surface area contributed by atoms with Crippen molar-refractivity contribution in [1.29, 1.82) is 0 Å². The van der Waals surface area contributed by atoms with Crippen molar-refractivity contribution >= 4 is 17.7 Å². The van der Waals surface area contributed by atoms with Crippen molar-refractivity contribution in [1.82, 2.24) is 15.1 Å². The maximum absolute atomic E-state index is 12.5. The highest BCUT2D eigenvalue weighted by Crippen LogP contribution is 2.19. The SMILES string of the molecule is C[C@@H](O)[C@@H]1NC(=O)[C@H]2CN(C(=O)c3ccccc3)CCN2C1=O. The summed E-state index contributed by atoms with van der Waals surface area (Å²) in [6, 6.07) is 7.25. The van der Waals surface area contributed by atoms with E-state index in [9.17, 15) is 19.5 Å². The molecule has 0 spiro atoms. The minimum Gasteiger partial charge on any atom is -0.391 e. The molecule has 2 aliphatic rings. The Labute approximate surface area is 133 Å². The Bertz CT molecular complexity index is 631. The molecule has 3 atom stereocenters. The molecule has 1 aromatic carbocycles. The third kappa shape index (κ3) is 2.79. The smallest absolute Gasteiger partial charge is 0.253 e. The number of carbonyl (C=O) groups is 3. The maximum Gasteiger partial charge on any atom is 0.253 e. The van der Waals surface area contributed by atoms with Gasteiger partial charge in [-0.3, -0.25) is 14.4 Å². The van der Waals surface area contributed by atoms with Crippen LogP contribution in [0.15, 0.2) is 30.3 Å². The van der Waals surface area contributed by atoms with Crippen LogP contribution in [-0.4, -0.2) is 70.4 Å². The molecule has 0 bridgehead atoms. The zero-order valence-electron chi connectivity index (χ0n) is 12.8. The largest absolute Gasteiger partial charge is 0.391 e. The van der Waals surface area contributed by atoms with Crippen LogP contribution in [0.5, 0.6) is 0 Å². The first-order valence-electron chi connectivity index (χ1n) is 7.62. The normalized spacial score (nSPS) is 25.7. The summed E-state index contributed by atoms with van der Waals surface area (Å²) in [5.41, 5.74) is 0.561. The second kappa shape index (κ2) is 6.00. The molecule has 0 aliphatic carbocycles. The van der Waals surface area contributed by atoms with Gasteiger partial charge >= 0.3 is 0 Å². The molecule has 2 saturated heterocycles. The zero-order valence-corrected chi connectivity index (χ0v) is 12.8. The van der Waals surface area contributed by atoms with Crippen LogP contribution in [0.2, 0.25) is 0 Å². The molecule has 0 saturated carbocycles. The predicted molar refractivity (Wildman–Crippen MR) is 81.5 cm³/mol. The number of piperazine rings is 2. The number of rotatable bonds is 2. The standard InChI is InChI=1S/C16H19N3O4/c1-10(20)13-16(23)19-8-7-18(9-12(19)14(21)17-13)15(22)11-5-3-2-4-6-11/h2-6,10,12-13,20H,7-9H2,1H3,(H,17,21)/t10-,12-,13+/m1/s1. The first-order chi connectivity index (χ1) is 11.0. The Balaban J connectivity index is 1.75. The lowest BCUT2D eigenvalue weighted by molar-refractivity contribution is -0.155. The molecule has 7 heteroatoms. The number of hydrogen-bond acceptors (Lipinski definition) is 4. The van der Waals surface area contributed by atoms with Crippen molar-refractivity contribution in [2.45, 2.75) is 25.1 Å². The van der Waals surface area contributed by atoms with Crippen molar-refractivity contribution in [3.05, 3.63) is 35.9 Å². The number of nitrogens with zero attached hydrogens (tertiary/aromatic N) is 2. The second-order valence-corrected chi connectivity index (χ2v) is 5.89. The van der Waals surface area contributed by atoms with Gasteiger partial charge < -0.3 is 20.2 Å². The van der Waals surface area contributed by atoms with Crippen LogP contribution in [0.25, 0.3) is 0 Å². The molecule has 2 heterocycles. The summed E-state index contributed by atoms with van der Waals surface area (Å²) in [5, 5.41) is 12.2. The van der Waals surface area contributed by atoms with Gasteiger partial charge in [0.2, 0.25) is 11.8 Å². The van der Waals surface area contributed by atoms with Gasteiger partial charge in [-0.15, -0.1) is 0 Å². The molecule has 0 unspecified atom stereocenters. The summed E-state index contributed by atoms with van der Waals surface area (Å²) >= 11 is 0. The van der Waals surface area contributed by atoms with E-state index in [1.165, 1.54) is 11.8 Å². The minimum atomic E-state index is -0.948. The van der Waals surface area contributed by atoms with Gasteiger partial charge in [-0.05, 0) is 19.1 Å². The first-order valence-corrected chi connectivity index (χ1v) is 7.62. The number of amides is 3.